The van der Waals surface area contributed by atoms with E-state index in [1.165, 1.54) is 6.42 Å². The van der Waals surface area contributed by atoms with Gasteiger partial charge in [0.05, 0.1) is 22.7 Å². The number of hydrogen-bond acceptors (Lipinski definition) is 4. The minimum absolute atomic E-state index is 0.0438. The van der Waals surface area contributed by atoms with Crippen LogP contribution in [0.4, 0.5) is 5.69 Å². The van der Waals surface area contributed by atoms with Crippen LogP contribution < -0.4 is 16.0 Å². The molecule has 3 rings (SSSR count). The number of carboxylic acids is 1. The Bertz CT molecular complexity index is 776. The Morgan fingerprint density at radius 1 is 1.27 bits per heavy atom. The van der Waals surface area contributed by atoms with Crippen LogP contribution in [0.15, 0.2) is 23.0 Å². The van der Waals surface area contributed by atoms with Crippen LogP contribution in [-0.4, -0.2) is 22.2 Å². The van der Waals surface area contributed by atoms with Gasteiger partial charge < -0.3 is 20.6 Å². The van der Waals surface area contributed by atoms with Crippen LogP contribution in [0.3, 0.4) is 0 Å². The number of carboxylic acid groups (broad SMARTS) is 1. The van der Waals surface area contributed by atoms with Gasteiger partial charge in [-0.1, -0.05) is 12.5 Å². The van der Waals surface area contributed by atoms with E-state index in [1.54, 1.807) is 18.2 Å². The summed E-state index contributed by atoms with van der Waals surface area (Å²) < 4.78 is 6.03. The number of rotatable bonds is 3. The van der Waals surface area contributed by atoms with Gasteiger partial charge in [0, 0.05) is 0 Å². The molecule has 2 aromatic rings. The summed E-state index contributed by atoms with van der Waals surface area (Å²) in [5.74, 6) is -0.811. The quantitative estimate of drug-likeness (QED) is 0.808. The molecule has 6 nitrogen and oxygen atoms in total. The van der Waals surface area contributed by atoms with E-state index in [4.69, 9.17) is 10.5 Å². The fourth-order valence-electron chi connectivity index (χ4n) is 3.02. The fourth-order valence-corrected chi connectivity index (χ4v) is 3.02. The molecule has 1 aromatic heterocycles. The van der Waals surface area contributed by atoms with Crippen molar-refractivity contribution in [1.82, 2.24) is 4.98 Å². The number of aromatic carboxylic acids is 1. The third kappa shape index (κ3) is 2.52. The maximum absolute atomic E-state index is 11.8. The molecular formula is C16H18N2O4. The second-order valence-electron chi connectivity index (χ2n) is 5.60. The Hall–Kier alpha value is -2.50. The smallest absolute Gasteiger partial charge is 0.343 e. The number of anilines is 1. The lowest BCUT2D eigenvalue weighted by atomic mass is 9.97. The van der Waals surface area contributed by atoms with Crippen molar-refractivity contribution in [3.05, 3.63) is 34.1 Å². The summed E-state index contributed by atoms with van der Waals surface area (Å²) in [4.78, 5) is 25.6. The highest BCUT2D eigenvalue weighted by molar-refractivity contribution is 6.05. The van der Waals surface area contributed by atoms with Crippen LogP contribution in [0, 0.1) is 0 Å². The number of aromatic nitrogens is 1. The Labute approximate surface area is 126 Å². The van der Waals surface area contributed by atoms with Crippen molar-refractivity contribution >= 4 is 22.6 Å². The lowest BCUT2D eigenvalue weighted by molar-refractivity contribution is 0.0696. The molecule has 1 saturated carbocycles. The molecule has 4 N–H and O–H groups in total. The molecule has 1 aliphatic rings. The molecule has 0 aliphatic heterocycles. The number of nitrogens with one attached hydrogen (secondary N) is 1. The van der Waals surface area contributed by atoms with E-state index in [0.717, 1.165) is 25.7 Å². The number of hydrogen-bond donors (Lipinski definition) is 3. The summed E-state index contributed by atoms with van der Waals surface area (Å²) in [6, 6.07) is 5.21. The Morgan fingerprint density at radius 3 is 2.68 bits per heavy atom. The van der Waals surface area contributed by atoms with Crippen LogP contribution in [0.25, 0.3) is 10.9 Å². The minimum atomic E-state index is -1.34. The zero-order valence-electron chi connectivity index (χ0n) is 12.1. The first-order chi connectivity index (χ1) is 10.6. The van der Waals surface area contributed by atoms with Gasteiger partial charge in [-0.2, -0.15) is 0 Å². The van der Waals surface area contributed by atoms with Crippen molar-refractivity contribution < 1.29 is 14.6 Å². The van der Waals surface area contributed by atoms with Gasteiger partial charge in [-0.25, -0.2) is 4.79 Å². The standard InChI is InChI=1S/C16H18N2O4/c17-14-12-10(18-15(19)13(14)16(20)21)7-4-8-11(12)22-9-5-2-1-3-6-9/h4,7-9H,1-3,5-6H2,(H,20,21)(H3,17,18,19). The van der Waals surface area contributed by atoms with Crippen molar-refractivity contribution in [3.63, 3.8) is 0 Å². The number of benzene rings is 1. The van der Waals surface area contributed by atoms with E-state index >= 15 is 0 Å². The predicted octanol–water partition coefficient (Wildman–Crippen LogP) is 2.52. The first-order valence-electron chi connectivity index (χ1n) is 7.42. The number of ether oxygens (including phenoxy) is 1. The molecule has 0 amide bonds. The molecule has 1 aromatic carbocycles. The normalized spacial score (nSPS) is 15.8. The highest BCUT2D eigenvalue weighted by Crippen LogP contribution is 2.33. The van der Waals surface area contributed by atoms with E-state index in [2.05, 4.69) is 4.98 Å². The second kappa shape index (κ2) is 5.71. The maximum atomic E-state index is 11.8. The molecule has 0 saturated heterocycles. The topological polar surface area (TPSA) is 105 Å². The zero-order chi connectivity index (χ0) is 15.7. The van der Waals surface area contributed by atoms with E-state index < -0.39 is 17.1 Å². The molecule has 22 heavy (non-hydrogen) atoms. The minimum Gasteiger partial charge on any atom is -0.490 e. The third-order valence-electron chi connectivity index (χ3n) is 4.10. The number of aromatic amines is 1. The first-order valence-corrected chi connectivity index (χ1v) is 7.42. The Kier molecular flexibility index (Phi) is 3.75. The van der Waals surface area contributed by atoms with Crippen molar-refractivity contribution in [2.24, 2.45) is 0 Å². The molecular weight excluding hydrogens is 284 g/mol. The molecule has 0 spiro atoms. The van der Waals surface area contributed by atoms with Gasteiger partial charge in [0.1, 0.15) is 11.3 Å². The summed E-state index contributed by atoms with van der Waals surface area (Å²) in [7, 11) is 0. The summed E-state index contributed by atoms with van der Waals surface area (Å²) >= 11 is 0. The van der Waals surface area contributed by atoms with Gasteiger partial charge in [0.2, 0.25) is 0 Å². The van der Waals surface area contributed by atoms with Gasteiger partial charge in [-0.15, -0.1) is 0 Å². The molecule has 6 heteroatoms. The molecule has 1 aliphatic carbocycles. The van der Waals surface area contributed by atoms with Crippen LogP contribution >= 0.6 is 0 Å². The van der Waals surface area contributed by atoms with Crippen LogP contribution in [-0.2, 0) is 0 Å². The molecule has 1 fully saturated rings. The van der Waals surface area contributed by atoms with Crippen molar-refractivity contribution in [2.75, 3.05) is 5.73 Å². The SMILES string of the molecule is Nc1c(C(=O)O)c(=O)[nH]c2cccc(OC3CCCCC3)c12. The van der Waals surface area contributed by atoms with Crippen molar-refractivity contribution in [3.8, 4) is 5.75 Å². The average Bonchev–Trinajstić information content (AvgIpc) is 2.47. The number of nitrogens with two attached hydrogens (primary N) is 1. The lowest BCUT2D eigenvalue weighted by Crippen LogP contribution is -2.22. The van der Waals surface area contributed by atoms with Crippen LogP contribution in [0.2, 0.25) is 0 Å². The number of H-pyrrole nitrogens is 1. The maximum Gasteiger partial charge on any atom is 0.343 e. The van der Waals surface area contributed by atoms with Gasteiger partial charge >= 0.3 is 5.97 Å². The lowest BCUT2D eigenvalue weighted by Gasteiger charge is -2.24. The van der Waals surface area contributed by atoms with E-state index in [-0.39, 0.29) is 11.8 Å². The van der Waals surface area contributed by atoms with Gasteiger partial charge in [-0.3, -0.25) is 4.79 Å². The Balaban J connectivity index is 2.12. The van der Waals surface area contributed by atoms with Gasteiger partial charge in [0.15, 0.2) is 0 Å². The summed E-state index contributed by atoms with van der Waals surface area (Å²) in [6.07, 6.45) is 5.54. The number of pyridine rings is 1. The number of carbonyl (C=O) groups is 1. The van der Waals surface area contributed by atoms with E-state index in [9.17, 15) is 14.7 Å². The first kappa shape index (κ1) is 14.4. The highest BCUT2D eigenvalue weighted by atomic mass is 16.5. The zero-order valence-corrected chi connectivity index (χ0v) is 12.1. The molecule has 0 atom stereocenters. The monoisotopic (exact) mass is 302 g/mol. The second-order valence-corrected chi connectivity index (χ2v) is 5.60. The van der Waals surface area contributed by atoms with E-state index in [1.807, 2.05) is 0 Å². The van der Waals surface area contributed by atoms with E-state index in [0.29, 0.717) is 16.7 Å². The Morgan fingerprint density at radius 2 is 2.00 bits per heavy atom. The third-order valence-corrected chi connectivity index (χ3v) is 4.10. The molecule has 0 bridgehead atoms. The molecule has 0 unspecified atom stereocenters. The van der Waals surface area contributed by atoms with Gasteiger partial charge in [-0.05, 0) is 37.8 Å². The highest BCUT2D eigenvalue weighted by Gasteiger charge is 2.21. The number of nitrogen functional groups attached to an aromatic ring is 1. The van der Waals surface area contributed by atoms with Crippen molar-refractivity contribution in [1.29, 1.82) is 0 Å². The number of fused-ring (bicyclic) bond motifs is 1. The molecule has 1 heterocycles. The van der Waals surface area contributed by atoms with Crippen molar-refractivity contribution in [2.45, 2.75) is 38.2 Å². The van der Waals surface area contributed by atoms with Crippen LogP contribution in [0.5, 0.6) is 5.75 Å². The predicted molar refractivity (Wildman–Crippen MR) is 83.4 cm³/mol. The summed E-state index contributed by atoms with van der Waals surface area (Å²) in [5.41, 5.74) is 5.25. The average molecular weight is 302 g/mol. The molecule has 116 valence electrons. The van der Waals surface area contributed by atoms with Gasteiger partial charge in [0.25, 0.3) is 5.56 Å². The molecule has 0 radical (unpaired) electrons. The largest absolute Gasteiger partial charge is 0.490 e. The van der Waals surface area contributed by atoms with Crippen LogP contribution in [0.1, 0.15) is 42.5 Å². The summed E-state index contributed by atoms with van der Waals surface area (Å²) in [6.45, 7) is 0. The summed E-state index contributed by atoms with van der Waals surface area (Å²) in [5, 5.41) is 9.64. The fraction of sp³-hybridized carbons (Fsp3) is 0.375.